The van der Waals surface area contributed by atoms with Gasteiger partial charge in [0.25, 0.3) is 16.7 Å². The standard InChI is InChI=1S/C25H25N5O3S/c1-17-11-13-29(14-12-17)21(31)16-34-25-27-26-23(33-25)22-19-9-5-6-10-20(19)24(32)30(28-22)15-18-7-3-2-4-8-18/h2-10,17H,11-16H2,1H3. The molecule has 0 bridgehead atoms. The molecule has 0 unspecified atom stereocenters. The van der Waals surface area contributed by atoms with Crippen molar-refractivity contribution in [1.29, 1.82) is 0 Å². The van der Waals surface area contributed by atoms with Crippen LogP contribution in [0.2, 0.25) is 0 Å². The lowest BCUT2D eigenvalue weighted by Crippen LogP contribution is -2.38. The Hall–Kier alpha value is -3.46. The van der Waals surface area contributed by atoms with Crippen LogP contribution in [-0.2, 0) is 11.3 Å². The van der Waals surface area contributed by atoms with E-state index in [9.17, 15) is 9.59 Å². The summed E-state index contributed by atoms with van der Waals surface area (Å²) in [5.74, 6) is 1.22. The van der Waals surface area contributed by atoms with E-state index in [1.807, 2.05) is 53.4 Å². The fraction of sp³-hybridized carbons (Fsp3) is 0.320. The summed E-state index contributed by atoms with van der Waals surface area (Å²) in [6.45, 7) is 4.15. The number of carbonyl (C=O) groups excluding carboxylic acids is 1. The quantitative estimate of drug-likeness (QED) is 0.391. The maximum atomic E-state index is 13.1. The Morgan fingerprint density at radius 1 is 1.03 bits per heavy atom. The normalized spacial score (nSPS) is 14.6. The molecule has 8 nitrogen and oxygen atoms in total. The van der Waals surface area contributed by atoms with E-state index in [1.54, 1.807) is 6.07 Å². The van der Waals surface area contributed by atoms with Crippen LogP contribution in [0.5, 0.6) is 0 Å². The second kappa shape index (κ2) is 9.80. The van der Waals surface area contributed by atoms with Gasteiger partial charge < -0.3 is 9.32 Å². The SMILES string of the molecule is CC1CCN(C(=O)CSc2nnc(-c3nn(Cc4ccccc4)c(=O)c4ccccc34)o2)CC1. The van der Waals surface area contributed by atoms with Crippen molar-refractivity contribution in [3.05, 3.63) is 70.5 Å². The van der Waals surface area contributed by atoms with Gasteiger partial charge in [0.05, 0.1) is 17.7 Å². The molecule has 0 N–H and O–H groups in total. The maximum Gasteiger partial charge on any atom is 0.277 e. The summed E-state index contributed by atoms with van der Waals surface area (Å²) < 4.78 is 7.29. The van der Waals surface area contributed by atoms with Gasteiger partial charge in [-0.15, -0.1) is 10.2 Å². The molecule has 1 amide bonds. The average Bonchev–Trinajstić information content (AvgIpc) is 3.34. The highest BCUT2D eigenvalue weighted by atomic mass is 32.2. The van der Waals surface area contributed by atoms with Crippen molar-refractivity contribution in [1.82, 2.24) is 24.9 Å². The number of hydrogen-bond acceptors (Lipinski definition) is 7. The largest absolute Gasteiger partial charge is 0.409 e. The minimum absolute atomic E-state index is 0.0802. The third kappa shape index (κ3) is 4.75. The predicted octanol–water partition coefficient (Wildman–Crippen LogP) is 3.85. The summed E-state index contributed by atoms with van der Waals surface area (Å²) in [5.41, 5.74) is 1.23. The van der Waals surface area contributed by atoms with Crippen molar-refractivity contribution >= 4 is 28.4 Å². The van der Waals surface area contributed by atoms with Crippen LogP contribution in [0.3, 0.4) is 0 Å². The number of carbonyl (C=O) groups is 1. The molecule has 1 aliphatic rings. The number of amides is 1. The zero-order chi connectivity index (χ0) is 23.5. The predicted molar refractivity (Wildman–Crippen MR) is 131 cm³/mol. The van der Waals surface area contributed by atoms with Crippen LogP contribution < -0.4 is 5.56 Å². The highest BCUT2D eigenvalue weighted by molar-refractivity contribution is 7.99. The van der Waals surface area contributed by atoms with Gasteiger partial charge in [-0.3, -0.25) is 9.59 Å². The van der Waals surface area contributed by atoms with Crippen molar-refractivity contribution in [2.24, 2.45) is 5.92 Å². The summed E-state index contributed by atoms with van der Waals surface area (Å²) in [4.78, 5) is 27.5. The van der Waals surface area contributed by atoms with Crippen LogP contribution in [0.1, 0.15) is 25.3 Å². The Balaban J connectivity index is 1.39. The smallest absolute Gasteiger partial charge is 0.277 e. The van der Waals surface area contributed by atoms with Crippen molar-refractivity contribution in [2.45, 2.75) is 31.5 Å². The lowest BCUT2D eigenvalue weighted by Gasteiger charge is -2.30. The van der Waals surface area contributed by atoms with Gasteiger partial charge >= 0.3 is 0 Å². The van der Waals surface area contributed by atoms with Crippen LogP contribution in [0, 0.1) is 5.92 Å². The Bertz CT molecular complexity index is 1360. The Labute approximate surface area is 201 Å². The van der Waals surface area contributed by atoms with Crippen LogP contribution in [-0.4, -0.2) is 49.6 Å². The molecule has 34 heavy (non-hydrogen) atoms. The Morgan fingerprint density at radius 2 is 1.74 bits per heavy atom. The number of thioether (sulfide) groups is 1. The molecule has 2 aromatic carbocycles. The summed E-state index contributed by atoms with van der Waals surface area (Å²) in [5, 5.41) is 14.4. The van der Waals surface area contributed by atoms with Crippen molar-refractivity contribution in [3.8, 4) is 11.6 Å². The minimum atomic E-state index is -0.182. The van der Waals surface area contributed by atoms with Gasteiger partial charge in [0, 0.05) is 18.5 Å². The number of likely N-dealkylation sites (tertiary alicyclic amines) is 1. The number of fused-ring (bicyclic) bond motifs is 1. The van der Waals surface area contributed by atoms with Gasteiger partial charge in [0.1, 0.15) is 0 Å². The molecule has 9 heteroatoms. The van der Waals surface area contributed by atoms with E-state index in [0.29, 0.717) is 34.2 Å². The number of rotatable bonds is 6. The Morgan fingerprint density at radius 3 is 2.50 bits per heavy atom. The summed E-state index contributed by atoms with van der Waals surface area (Å²) >= 11 is 1.23. The highest BCUT2D eigenvalue weighted by Gasteiger charge is 2.22. The highest BCUT2D eigenvalue weighted by Crippen LogP contribution is 2.27. The third-order valence-corrected chi connectivity index (χ3v) is 6.91. The molecule has 1 saturated heterocycles. The molecule has 3 heterocycles. The summed E-state index contributed by atoms with van der Waals surface area (Å²) in [7, 11) is 0. The molecule has 174 valence electrons. The Kier molecular flexibility index (Phi) is 6.44. The van der Waals surface area contributed by atoms with Crippen LogP contribution in [0.25, 0.3) is 22.4 Å². The second-order valence-corrected chi connectivity index (χ2v) is 9.49. The molecule has 4 aromatic rings. The molecule has 1 aliphatic heterocycles. The van der Waals surface area contributed by atoms with Crippen LogP contribution in [0.15, 0.2) is 69.0 Å². The summed E-state index contributed by atoms with van der Waals surface area (Å²) in [6, 6.07) is 16.9. The fourth-order valence-electron chi connectivity index (χ4n) is 4.09. The van der Waals surface area contributed by atoms with E-state index < -0.39 is 0 Å². The van der Waals surface area contributed by atoms with Gasteiger partial charge in [0.15, 0.2) is 5.69 Å². The molecule has 0 radical (unpaired) electrons. The molecular weight excluding hydrogens is 450 g/mol. The number of aromatic nitrogens is 4. The molecule has 0 spiro atoms. The number of piperidine rings is 1. The number of hydrogen-bond donors (Lipinski definition) is 0. The average molecular weight is 476 g/mol. The van der Waals surface area contributed by atoms with Gasteiger partial charge in [0.2, 0.25) is 5.91 Å². The first-order chi connectivity index (χ1) is 16.6. The second-order valence-electron chi connectivity index (χ2n) is 8.57. The van der Waals surface area contributed by atoms with Crippen LogP contribution in [0.4, 0.5) is 0 Å². The van der Waals surface area contributed by atoms with E-state index >= 15 is 0 Å². The van der Waals surface area contributed by atoms with E-state index in [4.69, 9.17) is 4.42 Å². The molecule has 0 aliphatic carbocycles. The van der Waals surface area contributed by atoms with Gasteiger partial charge in [-0.25, -0.2) is 4.68 Å². The molecular formula is C25H25N5O3S. The van der Waals surface area contributed by atoms with Gasteiger partial charge in [-0.2, -0.15) is 5.10 Å². The van der Waals surface area contributed by atoms with E-state index in [2.05, 4.69) is 22.2 Å². The number of nitrogens with zero attached hydrogens (tertiary/aromatic N) is 5. The molecule has 5 rings (SSSR count). The first kappa shape index (κ1) is 22.3. The van der Waals surface area contributed by atoms with E-state index in [1.165, 1.54) is 16.4 Å². The van der Waals surface area contributed by atoms with E-state index in [0.717, 1.165) is 31.5 Å². The zero-order valence-corrected chi connectivity index (χ0v) is 19.7. The topological polar surface area (TPSA) is 94.1 Å². The molecule has 0 atom stereocenters. The first-order valence-electron chi connectivity index (χ1n) is 11.4. The lowest BCUT2D eigenvalue weighted by molar-refractivity contribution is -0.129. The van der Waals surface area contributed by atoms with Gasteiger partial charge in [-0.1, -0.05) is 67.2 Å². The van der Waals surface area contributed by atoms with E-state index in [-0.39, 0.29) is 23.1 Å². The van der Waals surface area contributed by atoms with Gasteiger partial charge in [-0.05, 0) is 30.4 Å². The maximum absolute atomic E-state index is 13.1. The first-order valence-corrected chi connectivity index (χ1v) is 12.4. The molecule has 0 saturated carbocycles. The fourth-order valence-corrected chi connectivity index (χ4v) is 4.76. The summed E-state index contributed by atoms with van der Waals surface area (Å²) in [6.07, 6.45) is 2.08. The lowest BCUT2D eigenvalue weighted by atomic mass is 9.99. The van der Waals surface area contributed by atoms with Crippen molar-refractivity contribution in [2.75, 3.05) is 18.8 Å². The monoisotopic (exact) mass is 475 g/mol. The minimum Gasteiger partial charge on any atom is -0.409 e. The van der Waals surface area contributed by atoms with Crippen molar-refractivity contribution in [3.63, 3.8) is 0 Å². The van der Waals surface area contributed by atoms with Crippen LogP contribution >= 0.6 is 11.8 Å². The van der Waals surface area contributed by atoms with Crippen molar-refractivity contribution < 1.29 is 9.21 Å². The molecule has 2 aromatic heterocycles. The third-order valence-electron chi connectivity index (χ3n) is 6.11. The zero-order valence-electron chi connectivity index (χ0n) is 18.9. The number of benzene rings is 2. The molecule has 1 fully saturated rings.